The van der Waals surface area contributed by atoms with E-state index in [1.54, 1.807) is 4.90 Å². The standard InChI is InChI=1S/C12H22N2O4/c1-10(2)18-9-11(15)14-5-3-4-13(6-7-14)8-12(16)17/h10H,3-9H2,1-2H3,(H,16,17). The highest BCUT2D eigenvalue weighted by atomic mass is 16.5. The quantitative estimate of drug-likeness (QED) is 0.753. The van der Waals surface area contributed by atoms with E-state index in [4.69, 9.17) is 9.84 Å². The second-order valence-electron chi connectivity index (χ2n) is 4.76. The Kier molecular flexibility index (Phi) is 6.07. The van der Waals surface area contributed by atoms with Gasteiger partial charge in [-0.1, -0.05) is 0 Å². The van der Waals surface area contributed by atoms with Crippen molar-refractivity contribution in [3.63, 3.8) is 0 Å². The van der Waals surface area contributed by atoms with Gasteiger partial charge in [-0.3, -0.25) is 14.5 Å². The summed E-state index contributed by atoms with van der Waals surface area (Å²) in [4.78, 5) is 26.1. The van der Waals surface area contributed by atoms with E-state index in [1.807, 2.05) is 18.7 Å². The molecule has 0 aromatic heterocycles. The second-order valence-corrected chi connectivity index (χ2v) is 4.76. The van der Waals surface area contributed by atoms with E-state index in [-0.39, 0.29) is 25.2 Å². The van der Waals surface area contributed by atoms with Crippen molar-refractivity contribution in [1.29, 1.82) is 0 Å². The fourth-order valence-electron chi connectivity index (χ4n) is 1.90. The predicted octanol–water partition coefficient (Wildman–Crippen LogP) is 0.0303. The number of amides is 1. The van der Waals surface area contributed by atoms with Crippen LogP contribution in [0, 0.1) is 0 Å². The van der Waals surface area contributed by atoms with Crippen LogP contribution < -0.4 is 0 Å². The number of carbonyl (C=O) groups excluding carboxylic acids is 1. The zero-order valence-corrected chi connectivity index (χ0v) is 11.1. The Morgan fingerprint density at radius 1 is 1.22 bits per heavy atom. The van der Waals surface area contributed by atoms with Crippen LogP contribution in [0.1, 0.15) is 20.3 Å². The predicted molar refractivity (Wildman–Crippen MR) is 66.4 cm³/mol. The minimum Gasteiger partial charge on any atom is -0.480 e. The second kappa shape index (κ2) is 7.33. The molecule has 1 heterocycles. The first-order valence-electron chi connectivity index (χ1n) is 6.32. The highest BCUT2D eigenvalue weighted by Gasteiger charge is 2.20. The summed E-state index contributed by atoms with van der Waals surface area (Å²) in [6, 6.07) is 0. The van der Waals surface area contributed by atoms with E-state index < -0.39 is 5.97 Å². The molecule has 6 nitrogen and oxygen atoms in total. The average molecular weight is 258 g/mol. The molecule has 18 heavy (non-hydrogen) atoms. The highest BCUT2D eigenvalue weighted by molar-refractivity contribution is 5.77. The van der Waals surface area contributed by atoms with Crippen molar-refractivity contribution < 1.29 is 19.4 Å². The first-order chi connectivity index (χ1) is 8.49. The maximum Gasteiger partial charge on any atom is 0.317 e. The Bertz CT molecular complexity index is 294. The molecule has 0 aromatic rings. The van der Waals surface area contributed by atoms with Crippen LogP contribution in [0.4, 0.5) is 0 Å². The van der Waals surface area contributed by atoms with Gasteiger partial charge < -0.3 is 14.7 Å². The molecule has 1 fully saturated rings. The van der Waals surface area contributed by atoms with E-state index in [9.17, 15) is 9.59 Å². The molecule has 0 bridgehead atoms. The van der Waals surface area contributed by atoms with Crippen LogP contribution in [0.3, 0.4) is 0 Å². The number of hydrogen-bond donors (Lipinski definition) is 1. The molecule has 0 aromatic carbocycles. The number of rotatable bonds is 5. The van der Waals surface area contributed by atoms with Crippen molar-refractivity contribution in [2.24, 2.45) is 0 Å². The zero-order valence-electron chi connectivity index (χ0n) is 11.1. The Hall–Kier alpha value is -1.14. The van der Waals surface area contributed by atoms with E-state index in [0.717, 1.165) is 13.0 Å². The van der Waals surface area contributed by atoms with Crippen molar-refractivity contribution in [2.75, 3.05) is 39.3 Å². The summed E-state index contributed by atoms with van der Waals surface area (Å²) in [6.45, 7) is 6.53. The third-order valence-corrected chi connectivity index (χ3v) is 2.84. The molecule has 1 amide bonds. The van der Waals surface area contributed by atoms with Crippen LogP contribution in [0.2, 0.25) is 0 Å². The molecule has 1 saturated heterocycles. The number of nitrogens with zero attached hydrogens (tertiary/aromatic N) is 2. The summed E-state index contributed by atoms with van der Waals surface area (Å²) >= 11 is 0. The van der Waals surface area contributed by atoms with E-state index in [1.165, 1.54) is 0 Å². The Balaban J connectivity index is 2.36. The molecule has 0 aliphatic carbocycles. The van der Waals surface area contributed by atoms with Gasteiger partial charge in [-0.15, -0.1) is 0 Å². The molecule has 0 spiro atoms. The van der Waals surface area contributed by atoms with Gasteiger partial charge in [-0.25, -0.2) is 0 Å². The van der Waals surface area contributed by atoms with Crippen LogP contribution in [0.5, 0.6) is 0 Å². The molecule has 1 N–H and O–H groups in total. The molecular weight excluding hydrogens is 236 g/mol. The summed E-state index contributed by atoms with van der Waals surface area (Å²) in [5.74, 6) is -0.834. The fourth-order valence-corrected chi connectivity index (χ4v) is 1.90. The normalized spacial score (nSPS) is 17.8. The van der Waals surface area contributed by atoms with Gasteiger partial charge in [0.15, 0.2) is 0 Å². The van der Waals surface area contributed by atoms with Crippen molar-refractivity contribution >= 4 is 11.9 Å². The van der Waals surface area contributed by atoms with Crippen molar-refractivity contribution in [1.82, 2.24) is 9.80 Å². The summed E-state index contributed by atoms with van der Waals surface area (Å²) in [7, 11) is 0. The molecule has 1 rings (SSSR count). The lowest BCUT2D eigenvalue weighted by atomic mass is 10.3. The third-order valence-electron chi connectivity index (χ3n) is 2.84. The van der Waals surface area contributed by atoms with Crippen LogP contribution >= 0.6 is 0 Å². The van der Waals surface area contributed by atoms with Gasteiger partial charge in [0.1, 0.15) is 6.61 Å². The Morgan fingerprint density at radius 2 is 1.94 bits per heavy atom. The van der Waals surface area contributed by atoms with Gasteiger partial charge in [0.2, 0.25) is 5.91 Å². The first-order valence-corrected chi connectivity index (χ1v) is 6.32. The lowest BCUT2D eigenvalue weighted by Crippen LogP contribution is -2.38. The number of carboxylic acid groups (broad SMARTS) is 1. The molecule has 6 heteroatoms. The molecule has 0 saturated carbocycles. The minimum absolute atomic E-state index is 0.0131. The topological polar surface area (TPSA) is 70.1 Å². The number of hydrogen-bond acceptors (Lipinski definition) is 4. The van der Waals surface area contributed by atoms with E-state index in [0.29, 0.717) is 19.6 Å². The first kappa shape index (κ1) is 14.9. The monoisotopic (exact) mass is 258 g/mol. The maximum atomic E-state index is 11.9. The molecule has 1 aliphatic heterocycles. The molecule has 0 atom stereocenters. The third kappa shape index (κ3) is 5.46. The summed E-state index contributed by atoms with van der Waals surface area (Å²) in [6.07, 6.45) is 0.852. The van der Waals surface area contributed by atoms with Gasteiger partial charge in [0.25, 0.3) is 0 Å². The fraction of sp³-hybridized carbons (Fsp3) is 0.833. The molecule has 0 unspecified atom stereocenters. The van der Waals surface area contributed by atoms with Gasteiger partial charge in [0, 0.05) is 26.2 Å². The van der Waals surface area contributed by atoms with Gasteiger partial charge in [0.05, 0.1) is 12.6 Å². The molecular formula is C12H22N2O4. The van der Waals surface area contributed by atoms with Gasteiger partial charge in [-0.2, -0.15) is 0 Å². The van der Waals surface area contributed by atoms with Gasteiger partial charge >= 0.3 is 5.97 Å². The van der Waals surface area contributed by atoms with Crippen LogP contribution in [0.25, 0.3) is 0 Å². The van der Waals surface area contributed by atoms with Crippen LogP contribution in [0.15, 0.2) is 0 Å². The van der Waals surface area contributed by atoms with E-state index >= 15 is 0 Å². The largest absolute Gasteiger partial charge is 0.480 e. The number of ether oxygens (including phenoxy) is 1. The zero-order chi connectivity index (χ0) is 13.5. The molecule has 104 valence electrons. The number of carbonyl (C=O) groups is 2. The van der Waals surface area contributed by atoms with E-state index in [2.05, 4.69) is 0 Å². The molecule has 0 radical (unpaired) electrons. The van der Waals surface area contributed by atoms with Crippen molar-refractivity contribution in [3.05, 3.63) is 0 Å². The highest BCUT2D eigenvalue weighted by Crippen LogP contribution is 2.04. The van der Waals surface area contributed by atoms with Crippen LogP contribution in [-0.4, -0.2) is 72.2 Å². The maximum absolute atomic E-state index is 11.9. The lowest BCUT2D eigenvalue weighted by Gasteiger charge is -2.21. The smallest absolute Gasteiger partial charge is 0.317 e. The average Bonchev–Trinajstić information content (AvgIpc) is 2.50. The number of carboxylic acids is 1. The SMILES string of the molecule is CC(C)OCC(=O)N1CCCN(CC(=O)O)CC1. The van der Waals surface area contributed by atoms with Crippen molar-refractivity contribution in [2.45, 2.75) is 26.4 Å². The molecule has 1 aliphatic rings. The summed E-state index contributed by atoms with van der Waals surface area (Å²) in [5, 5.41) is 8.74. The Labute approximate surface area is 107 Å². The van der Waals surface area contributed by atoms with Crippen molar-refractivity contribution in [3.8, 4) is 0 Å². The van der Waals surface area contributed by atoms with Gasteiger partial charge in [-0.05, 0) is 20.3 Å². The number of aliphatic carboxylic acids is 1. The summed E-state index contributed by atoms with van der Waals surface area (Å²) in [5.41, 5.74) is 0. The minimum atomic E-state index is -0.821. The lowest BCUT2D eigenvalue weighted by molar-refractivity contribution is -0.138. The Morgan fingerprint density at radius 3 is 2.56 bits per heavy atom. The summed E-state index contributed by atoms with van der Waals surface area (Å²) < 4.78 is 5.29. The van der Waals surface area contributed by atoms with Crippen LogP contribution in [-0.2, 0) is 14.3 Å².